The average molecular weight is 512 g/mol. The molecule has 1 atom stereocenters. The van der Waals surface area contributed by atoms with Crippen molar-refractivity contribution in [1.82, 2.24) is 4.90 Å². The van der Waals surface area contributed by atoms with E-state index >= 15 is 0 Å². The first-order chi connectivity index (χ1) is 17.6. The highest BCUT2D eigenvalue weighted by molar-refractivity contribution is 6.00. The minimum atomic E-state index is -4.47. The molecule has 2 aromatic rings. The van der Waals surface area contributed by atoms with Gasteiger partial charge in [-0.3, -0.25) is 4.79 Å². The van der Waals surface area contributed by atoms with E-state index < -0.39 is 17.6 Å². The summed E-state index contributed by atoms with van der Waals surface area (Å²) in [6.07, 6.45) is 0.0501. The van der Waals surface area contributed by atoms with Gasteiger partial charge in [-0.1, -0.05) is 43.9 Å². The van der Waals surface area contributed by atoms with Crippen LogP contribution < -0.4 is 15.2 Å². The molecule has 37 heavy (non-hydrogen) atoms. The summed E-state index contributed by atoms with van der Waals surface area (Å²) in [6.45, 7) is 4.50. The number of hydrogen-bond acceptors (Lipinski definition) is 3. The number of carbonyl (C=O) groups excluding carboxylic acids is 1. The van der Waals surface area contributed by atoms with Gasteiger partial charge in [-0.05, 0) is 60.2 Å². The van der Waals surface area contributed by atoms with Crippen LogP contribution in [-0.2, 0) is 17.5 Å². The molecule has 0 aromatic heterocycles. The summed E-state index contributed by atoms with van der Waals surface area (Å²) in [4.78, 5) is 18.4. The summed E-state index contributed by atoms with van der Waals surface area (Å²) in [6, 6.07) is 9.92. The number of rotatable bonds is 6. The number of fused-ring (bicyclic) bond motifs is 1. The van der Waals surface area contributed by atoms with Crippen LogP contribution in [0.5, 0.6) is 11.5 Å². The maximum absolute atomic E-state index is 13.0. The Morgan fingerprint density at radius 1 is 1.19 bits per heavy atom. The van der Waals surface area contributed by atoms with Crippen molar-refractivity contribution in [3.8, 4) is 23.3 Å². The van der Waals surface area contributed by atoms with E-state index in [1.54, 1.807) is 4.90 Å². The van der Waals surface area contributed by atoms with Crippen LogP contribution in [0.25, 0.3) is 6.08 Å². The Morgan fingerprint density at radius 2 is 1.95 bits per heavy atom. The molecule has 2 aromatic carbocycles. The third-order valence-corrected chi connectivity index (χ3v) is 5.92. The van der Waals surface area contributed by atoms with Crippen molar-refractivity contribution in [2.75, 3.05) is 6.79 Å². The van der Waals surface area contributed by atoms with Crippen LogP contribution in [0.2, 0.25) is 0 Å². The molecule has 0 bridgehead atoms. The molecule has 1 aliphatic carbocycles. The highest BCUT2D eigenvalue weighted by Crippen LogP contribution is 2.33. The number of ether oxygens (including phenoxy) is 2. The lowest BCUT2D eigenvalue weighted by Crippen LogP contribution is -2.46. The zero-order valence-electron chi connectivity index (χ0n) is 20.6. The fourth-order valence-corrected chi connectivity index (χ4v) is 3.79. The quantitative estimate of drug-likeness (QED) is 0.249. The van der Waals surface area contributed by atoms with Gasteiger partial charge in [0.1, 0.15) is 0 Å². The molecule has 1 fully saturated rings. The molecule has 6 nitrogen and oxygen atoms in total. The van der Waals surface area contributed by atoms with Crippen molar-refractivity contribution >= 4 is 17.9 Å². The molecule has 2 N–H and O–H groups in total. The van der Waals surface area contributed by atoms with Crippen LogP contribution in [-0.4, -0.2) is 29.6 Å². The van der Waals surface area contributed by atoms with Crippen LogP contribution in [0.15, 0.2) is 53.5 Å². The maximum Gasteiger partial charge on any atom is 0.416 e. The van der Waals surface area contributed by atoms with Crippen molar-refractivity contribution in [3.05, 3.63) is 65.2 Å². The highest BCUT2D eigenvalue weighted by atomic mass is 19.4. The third-order valence-electron chi connectivity index (χ3n) is 5.92. The van der Waals surface area contributed by atoms with E-state index in [-0.39, 0.29) is 30.3 Å². The molecular weight excluding hydrogens is 483 g/mol. The minimum Gasteiger partial charge on any atom is -0.454 e. The number of benzene rings is 2. The van der Waals surface area contributed by atoms with E-state index in [9.17, 15) is 18.0 Å². The number of halogens is 3. The number of amides is 1. The molecule has 9 heteroatoms. The largest absolute Gasteiger partial charge is 0.454 e. The van der Waals surface area contributed by atoms with Gasteiger partial charge in [0.25, 0.3) is 5.91 Å². The van der Waals surface area contributed by atoms with Crippen molar-refractivity contribution in [2.24, 2.45) is 22.6 Å². The van der Waals surface area contributed by atoms with Gasteiger partial charge in [-0.2, -0.15) is 18.2 Å². The summed E-state index contributed by atoms with van der Waals surface area (Å²) in [5.74, 6) is 7.60. The molecule has 1 heterocycles. The lowest BCUT2D eigenvalue weighted by atomic mass is 10.0. The fraction of sp³-hybridized carbons (Fsp3) is 0.357. The van der Waals surface area contributed by atoms with Crippen molar-refractivity contribution < 1.29 is 27.4 Å². The zero-order chi connectivity index (χ0) is 26.6. The van der Waals surface area contributed by atoms with Crippen LogP contribution >= 0.6 is 0 Å². The molecule has 0 saturated heterocycles. The third kappa shape index (κ3) is 7.06. The Hall–Kier alpha value is -3.93. The van der Waals surface area contributed by atoms with Crippen molar-refractivity contribution in [1.29, 1.82) is 0 Å². The summed E-state index contributed by atoms with van der Waals surface area (Å²) >= 11 is 0. The fourth-order valence-electron chi connectivity index (χ4n) is 3.79. The molecule has 0 radical (unpaired) electrons. The highest BCUT2D eigenvalue weighted by Gasteiger charge is 2.30. The van der Waals surface area contributed by atoms with Gasteiger partial charge in [-0.15, -0.1) is 0 Å². The van der Waals surface area contributed by atoms with Gasteiger partial charge in [0.2, 0.25) is 12.8 Å². The Balaban J connectivity index is 1.58. The number of aliphatic imine (C=N–C) groups is 1. The number of hydrogen-bond donors (Lipinski definition) is 1. The zero-order valence-corrected chi connectivity index (χ0v) is 20.6. The van der Waals surface area contributed by atoms with Crippen LogP contribution in [0.3, 0.4) is 0 Å². The predicted molar refractivity (Wildman–Crippen MR) is 134 cm³/mol. The molecule has 194 valence electrons. The van der Waals surface area contributed by atoms with E-state index in [0.717, 1.165) is 36.6 Å². The smallest absolute Gasteiger partial charge is 0.416 e. The van der Waals surface area contributed by atoms with Gasteiger partial charge in [0.15, 0.2) is 11.5 Å². The Bertz CT molecular complexity index is 1270. The van der Waals surface area contributed by atoms with Gasteiger partial charge >= 0.3 is 6.18 Å². The number of nitrogens with zero attached hydrogens (tertiary/aromatic N) is 2. The summed E-state index contributed by atoms with van der Waals surface area (Å²) < 4.78 is 49.8. The second-order valence-electron chi connectivity index (χ2n) is 9.33. The topological polar surface area (TPSA) is 77.2 Å². The Kier molecular flexibility index (Phi) is 7.77. The van der Waals surface area contributed by atoms with Gasteiger partial charge in [-0.25, -0.2) is 0 Å². The number of guanidine groups is 1. The molecule has 4 rings (SSSR count). The van der Waals surface area contributed by atoms with Crippen LogP contribution in [0.1, 0.15) is 43.4 Å². The lowest BCUT2D eigenvalue weighted by molar-refractivity contribution is -0.137. The van der Waals surface area contributed by atoms with E-state index in [1.165, 1.54) is 18.2 Å². The lowest BCUT2D eigenvalue weighted by Gasteiger charge is -2.32. The molecule has 1 aliphatic heterocycles. The first kappa shape index (κ1) is 26.1. The molecular formula is C28H28F3N3O3. The standard InChI is InChI=1S/C28H28F3N3O3/c1-18(2)23(11-8-19-6-7-19)34(16-21-9-12-24-25(15-21)37-17-36-24)27(32)33-26(35)13-10-20-4-3-5-22(14-20)28(29,30)31/h3-5,9-10,12-15,18-19,23H,6-7,16-17H2,1-2H3,(H2,32,33,35)/b13-10+. The molecule has 2 aliphatic rings. The van der Waals surface area contributed by atoms with E-state index in [1.807, 2.05) is 32.0 Å². The summed E-state index contributed by atoms with van der Waals surface area (Å²) in [7, 11) is 0. The van der Waals surface area contributed by atoms with E-state index in [0.29, 0.717) is 24.0 Å². The molecule has 1 unspecified atom stereocenters. The van der Waals surface area contributed by atoms with Crippen molar-refractivity contribution in [2.45, 2.75) is 45.5 Å². The summed E-state index contributed by atoms with van der Waals surface area (Å²) in [5.41, 5.74) is 6.64. The first-order valence-corrected chi connectivity index (χ1v) is 12.0. The van der Waals surface area contributed by atoms with Gasteiger partial charge < -0.3 is 20.1 Å². The normalized spacial score (nSPS) is 16.0. The number of alkyl halides is 3. The van der Waals surface area contributed by atoms with Crippen LogP contribution in [0, 0.1) is 23.7 Å². The first-order valence-electron chi connectivity index (χ1n) is 12.0. The van der Waals surface area contributed by atoms with E-state index in [4.69, 9.17) is 15.2 Å². The average Bonchev–Trinajstić information content (AvgIpc) is 3.56. The van der Waals surface area contributed by atoms with E-state index in [2.05, 4.69) is 16.8 Å². The van der Waals surface area contributed by atoms with Gasteiger partial charge in [0, 0.05) is 18.5 Å². The Labute approximate surface area is 214 Å². The number of carbonyl (C=O) groups is 1. The maximum atomic E-state index is 13.0. The molecule has 1 amide bonds. The van der Waals surface area contributed by atoms with Crippen LogP contribution in [0.4, 0.5) is 13.2 Å². The monoisotopic (exact) mass is 511 g/mol. The molecule has 0 spiro atoms. The summed E-state index contributed by atoms with van der Waals surface area (Å²) in [5, 5.41) is 0. The predicted octanol–water partition coefficient (Wildman–Crippen LogP) is 5.23. The van der Waals surface area contributed by atoms with Crippen molar-refractivity contribution in [3.63, 3.8) is 0 Å². The Morgan fingerprint density at radius 3 is 2.65 bits per heavy atom. The minimum absolute atomic E-state index is 0.0276. The van der Waals surface area contributed by atoms with Gasteiger partial charge in [0.05, 0.1) is 11.6 Å². The second-order valence-corrected chi connectivity index (χ2v) is 9.33. The SMILES string of the molecule is CC(C)C(C#CC1CC1)N(Cc1ccc2c(c1)OCO2)C(N)=NC(=O)/C=C/c1cccc(C(F)(F)F)c1. The second kappa shape index (κ2) is 11.0. The molecule has 1 saturated carbocycles. The number of nitrogens with two attached hydrogens (primary N) is 1.